The topological polar surface area (TPSA) is 75.9 Å². The third kappa shape index (κ3) is 3.44. The Hall–Kier alpha value is -2.15. The molecule has 2 heterocycles. The molecular formula is C16H21N3O4. The van der Waals surface area contributed by atoms with Gasteiger partial charge in [0, 0.05) is 37.8 Å². The van der Waals surface area contributed by atoms with Gasteiger partial charge in [-0.3, -0.25) is 14.9 Å². The van der Waals surface area contributed by atoms with E-state index in [-0.39, 0.29) is 16.5 Å². The zero-order chi connectivity index (χ0) is 16.2. The summed E-state index contributed by atoms with van der Waals surface area (Å²) >= 11 is 0. The maximum Gasteiger partial charge on any atom is 0.292 e. The van der Waals surface area contributed by atoms with Crippen LogP contribution in [0, 0.1) is 10.1 Å². The van der Waals surface area contributed by atoms with Crippen LogP contribution in [0.15, 0.2) is 18.2 Å². The molecule has 0 aromatic heterocycles. The van der Waals surface area contributed by atoms with E-state index >= 15 is 0 Å². The zero-order valence-electron chi connectivity index (χ0n) is 13.1. The molecule has 0 spiro atoms. The van der Waals surface area contributed by atoms with Crippen LogP contribution in [0.1, 0.15) is 29.6 Å². The van der Waals surface area contributed by atoms with Crippen LogP contribution < -0.4 is 4.90 Å². The van der Waals surface area contributed by atoms with E-state index in [1.165, 1.54) is 6.07 Å². The normalized spacial score (nSPS) is 18.8. The molecule has 124 valence electrons. The van der Waals surface area contributed by atoms with E-state index in [0.717, 1.165) is 32.4 Å². The number of nitro benzene ring substituents is 1. The number of hydrogen-bond acceptors (Lipinski definition) is 5. The number of amides is 1. The van der Waals surface area contributed by atoms with Gasteiger partial charge >= 0.3 is 0 Å². The van der Waals surface area contributed by atoms with Crippen molar-refractivity contribution in [2.24, 2.45) is 0 Å². The number of anilines is 1. The van der Waals surface area contributed by atoms with Gasteiger partial charge in [-0.2, -0.15) is 0 Å². The number of morpholine rings is 1. The van der Waals surface area contributed by atoms with Crippen molar-refractivity contribution >= 4 is 17.3 Å². The first-order valence-electron chi connectivity index (χ1n) is 8.07. The number of piperidine rings is 1. The Morgan fingerprint density at radius 1 is 1.09 bits per heavy atom. The number of carbonyl (C=O) groups is 1. The molecule has 2 aliphatic heterocycles. The fourth-order valence-corrected chi connectivity index (χ4v) is 3.15. The van der Waals surface area contributed by atoms with Gasteiger partial charge in [0.1, 0.15) is 5.69 Å². The maximum absolute atomic E-state index is 12.6. The zero-order valence-corrected chi connectivity index (χ0v) is 13.1. The van der Waals surface area contributed by atoms with E-state index in [1.807, 2.05) is 4.90 Å². The molecule has 0 aliphatic carbocycles. The predicted octanol–water partition coefficient (Wildman–Crippen LogP) is 2.06. The number of nitrogens with zero attached hydrogens (tertiary/aromatic N) is 3. The minimum atomic E-state index is -0.368. The molecule has 0 unspecified atom stereocenters. The Morgan fingerprint density at radius 3 is 2.43 bits per heavy atom. The van der Waals surface area contributed by atoms with Gasteiger partial charge in [-0.25, -0.2) is 0 Å². The standard InChI is InChI=1S/C16H21N3O4/c20-16(18-8-10-23-11-9-18)13-4-5-14(19(21)22)15(12-13)17-6-2-1-3-7-17/h4-5,12H,1-3,6-11H2. The summed E-state index contributed by atoms with van der Waals surface area (Å²) in [7, 11) is 0. The summed E-state index contributed by atoms with van der Waals surface area (Å²) < 4.78 is 5.26. The number of hydrogen-bond donors (Lipinski definition) is 0. The lowest BCUT2D eigenvalue weighted by Crippen LogP contribution is -2.40. The van der Waals surface area contributed by atoms with Gasteiger partial charge in [0.15, 0.2) is 0 Å². The highest BCUT2D eigenvalue weighted by Crippen LogP contribution is 2.31. The molecule has 0 atom stereocenters. The maximum atomic E-state index is 12.6. The van der Waals surface area contributed by atoms with Gasteiger partial charge < -0.3 is 14.5 Å². The molecule has 1 amide bonds. The van der Waals surface area contributed by atoms with Crippen molar-refractivity contribution in [3.8, 4) is 0 Å². The molecule has 1 aromatic rings. The number of rotatable bonds is 3. The molecule has 0 saturated carbocycles. The summed E-state index contributed by atoms with van der Waals surface area (Å²) in [5.41, 5.74) is 1.15. The highest BCUT2D eigenvalue weighted by atomic mass is 16.6. The first-order chi connectivity index (χ1) is 11.2. The predicted molar refractivity (Wildman–Crippen MR) is 85.9 cm³/mol. The van der Waals surface area contributed by atoms with E-state index in [1.54, 1.807) is 17.0 Å². The summed E-state index contributed by atoms with van der Waals surface area (Å²) in [6.45, 7) is 3.81. The van der Waals surface area contributed by atoms with E-state index in [9.17, 15) is 14.9 Å². The lowest BCUT2D eigenvalue weighted by Gasteiger charge is -2.30. The average molecular weight is 319 g/mol. The second kappa shape index (κ2) is 6.95. The van der Waals surface area contributed by atoms with Gasteiger partial charge in [-0.05, 0) is 31.4 Å². The Balaban J connectivity index is 1.89. The van der Waals surface area contributed by atoms with Crippen LogP contribution in [0.25, 0.3) is 0 Å². The molecular weight excluding hydrogens is 298 g/mol. The van der Waals surface area contributed by atoms with E-state index in [0.29, 0.717) is 37.6 Å². The molecule has 1 aromatic carbocycles. The van der Waals surface area contributed by atoms with Gasteiger partial charge in [0.25, 0.3) is 11.6 Å². The summed E-state index contributed by atoms with van der Waals surface area (Å²) in [6.07, 6.45) is 3.20. The van der Waals surface area contributed by atoms with Gasteiger partial charge in [0.2, 0.25) is 0 Å². The molecule has 2 saturated heterocycles. The lowest BCUT2D eigenvalue weighted by atomic mass is 10.1. The lowest BCUT2D eigenvalue weighted by molar-refractivity contribution is -0.384. The van der Waals surface area contributed by atoms with Gasteiger partial charge in [-0.15, -0.1) is 0 Å². The minimum absolute atomic E-state index is 0.0745. The Labute approximate surface area is 135 Å². The molecule has 0 N–H and O–H groups in total. The highest BCUT2D eigenvalue weighted by molar-refractivity contribution is 5.96. The van der Waals surface area contributed by atoms with Crippen LogP contribution in [0.2, 0.25) is 0 Å². The quantitative estimate of drug-likeness (QED) is 0.629. The second-order valence-electron chi connectivity index (χ2n) is 5.91. The van der Waals surface area contributed by atoms with Crippen LogP contribution in [-0.4, -0.2) is 55.1 Å². The van der Waals surface area contributed by atoms with E-state index in [2.05, 4.69) is 0 Å². The Bertz CT molecular complexity index is 593. The van der Waals surface area contributed by atoms with Gasteiger partial charge in [0.05, 0.1) is 18.1 Å². The first kappa shape index (κ1) is 15.7. The minimum Gasteiger partial charge on any atom is -0.378 e. The summed E-state index contributed by atoms with van der Waals surface area (Å²) in [6, 6.07) is 4.70. The van der Waals surface area contributed by atoms with E-state index in [4.69, 9.17) is 4.74 Å². The summed E-state index contributed by atoms with van der Waals surface area (Å²) in [5.74, 6) is -0.0820. The molecule has 0 radical (unpaired) electrons. The van der Waals surface area contributed by atoms with Crippen LogP contribution in [-0.2, 0) is 4.74 Å². The largest absolute Gasteiger partial charge is 0.378 e. The molecule has 2 fully saturated rings. The van der Waals surface area contributed by atoms with Crippen molar-refractivity contribution in [1.29, 1.82) is 0 Å². The Kier molecular flexibility index (Phi) is 4.76. The number of ether oxygens (including phenoxy) is 1. The number of benzene rings is 1. The van der Waals surface area contributed by atoms with Crippen molar-refractivity contribution in [2.75, 3.05) is 44.3 Å². The molecule has 3 rings (SSSR count). The van der Waals surface area contributed by atoms with Gasteiger partial charge in [-0.1, -0.05) is 0 Å². The van der Waals surface area contributed by atoms with E-state index < -0.39 is 0 Å². The number of nitro groups is 1. The summed E-state index contributed by atoms with van der Waals surface area (Å²) in [4.78, 5) is 27.3. The van der Waals surface area contributed by atoms with Crippen LogP contribution in [0.5, 0.6) is 0 Å². The molecule has 2 aliphatic rings. The second-order valence-corrected chi connectivity index (χ2v) is 5.91. The third-order valence-electron chi connectivity index (χ3n) is 4.41. The highest BCUT2D eigenvalue weighted by Gasteiger charge is 2.25. The molecule has 0 bridgehead atoms. The van der Waals surface area contributed by atoms with Crippen molar-refractivity contribution < 1.29 is 14.5 Å². The first-order valence-corrected chi connectivity index (χ1v) is 8.07. The Morgan fingerprint density at radius 2 is 1.78 bits per heavy atom. The fourth-order valence-electron chi connectivity index (χ4n) is 3.15. The summed E-state index contributed by atoms with van der Waals surface area (Å²) in [5, 5.41) is 11.3. The van der Waals surface area contributed by atoms with Crippen molar-refractivity contribution in [3.05, 3.63) is 33.9 Å². The van der Waals surface area contributed by atoms with Crippen LogP contribution >= 0.6 is 0 Å². The number of carbonyl (C=O) groups excluding carboxylic acids is 1. The smallest absolute Gasteiger partial charge is 0.292 e. The SMILES string of the molecule is O=C(c1ccc([N+](=O)[O-])c(N2CCCCC2)c1)N1CCOCC1. The monoisotopic (exact) mass is 319 g/mol. The third-order valence-corrected chi connectivity index (χ3v) is 4.41. The molecule has 7 nitrogen and oxygen atoms in total. The van der Waals surface area contributed by atoms with Crippen molar-refractivity contribution in [3.63, 3.8) is 0 Å². The van der Waals surface area contributed by atoms with Crippen LogP contribution in [0.3, 0.4) is 0 Å². The average Bonchev–Trinajstić information content (AvgIpc) is 2.62. The molecule has 23 heavy (non-hydrogen) atoms. The molecule has 7 heteroatoms. The van der Waals surface area contributed by atoms with Crippen molar-refractivity contribution in [1.82, 2.24) is 4.90 Å². The fraction of sp³-hybridized carbons (Fsp3) is 0.562. The van der Waals surface area contributed by atoms with Crippen LogP contribution in [0.4, 0.5) is 11.4 Å². The van der Waals surface area contributed by atoms with Crippen molar-refractivity contribution in [2.45, 2.75) is 19.3 Å².